The Labute approximate surface area is 54.4 Å². The molecule has 0 saturated heterocycles. The zero-order chi connectivity index (χ0) is 5.11. The van der Waals surface area contributed by atoms with Gasteiger partial charge in [0.1, 0.15) is 0 Å². The molecule has 1 aliphatic rings. The van der Waals surface area contributed by atoms with E-state index in [1.165, 1.54) is 6.42 Å². The molecule has 0 aromatic carbocycles. The second kappa shape index (κ2) is 2.60. The van der Waals surface area contributed by atoms with E-state index in [2.05, 4.69) is 21.1 Å². The molecular formula is C6H9I. The van der Waals surface area contributed by atoms with Crippen molar-refractivity contribution in [3.63, 3.8) is 0 Å². The average Bonchev–Trinajstić information content (AvgIpc) is 1.69. The van der Waals surface area contributed by atoms with Gasteiger partial charge in [0, 0.05) is 0 Å². The molecule has 1 heterocycles. The van der Waals surface area contributed by atoms with E-state index in [-0.39, 0.29) is 0 Å². The van der Waals surface area contributed by atoms with Gasteiger partial charge in [0.2, 0.25) is 0 Å². The molecule has 0 aromatic rings. The Morgan fingerprint density at radius 3 is 2.86 bits per heavy atom. The number of halogens is 1. The van der Waals surface area contributed by atoms with Crippen LogP contribution < -0.4 is 0 Å². The molecule has 0 amide bonds. The van der Waals surface area contributed by atoms with Crippen molar-refractivity contribution in [2.75, 3.05) is 0 Å². The quantitative estimate of drug-likeness (QED) is 0.536. The van der Waals surface area contributed by atoms with Crippen LogP contribution in [0.5, 0.6) is 0 Å². The predicted molar refractivity (Wildman–Crippen MR) is 43.0 cm³/mol. The van der Waals surface area contributed by atoms with E-state index in [0.29, 0.717) is 20.7 Å². The average molecular weight is 208 g/mol. The molecule has 1 unspecified atom stereocenters. The first-order valence-corrected chi connectivity index (χ1v) is 4.99. The van der Waals surface area contributed by atoms with E-state index in [1.807, 2.05) is 0 Å². The summed E-state index contributed by atoms with van der Waals surface area (Å²) in [5.74, 6) is 0.873. The Bertz CT molecular complexity index is 103. The summed E-state index contributed by atoms with van der Waals surface area (Å²) in [6, 6.07) is 0. The van der Waals surface area contributed by atoms with Gasteiger partial charge in [-0.25, -0.2) is 0 Å². The number of allylic oxidation sites excluding steroid dienone is 1. The topological polar surface area (TPSA) is 0 Å². The highest BCUT2D eigenvalue weighted by molar-refractivity contribution is 14.2. The summed E-state index contributed by atoms with van der Waals surface area (Å²) in [6.07, 6.45) is 3.58. The summed E-state index contributed by atoms with van der Waals surface area (Å²) in [6.45, 7) is 2.28. The van der Waals surface area contributed by atoms with Crippen molar-refractivity contribution in [1.82, 2.24) is 0 Å². The van der Waals surface area contributed by atoms with Crippen LogP contribution in [0.2, 0.25) is 0 Å². The van der Waals surface area contributed by atoms with Gasteiger partial charge in [0.05, 0.1) is 0 Å². The monoisotopic (exact) mass is 208 g/mol. The summed E-state index contributed by atoms with van der Waals surface area (Å²) in [5.41, 5.74) is 0. The molecule has 0 aliphatic carbocycles. The zero-order valence-electron chi connectivity index (χ0n) is 4.39. The molecule has 0 aromatic heterocycles. The summed E-state index contributed by atoms with van der Waals surface area (Å²) >= 11 is 0.369. The molecule has 0 fully saturated rings. The lowest BCUT2D eigenvalue weighted by molar-refractivity contribution is 0.819. The van der Waals surface area contributed by atoms with Crippen molar-refractivity contribution < 1.29 is 0 Å². The molecule has 1 aliphatic heterocycles. The van der Waals surface area contributed by atoms with E-state index < -0.39 is 0 Å². The molecule has 7 heavy (non-hydrogen) atoms. The first-order valence-electron chi connectivity index (χ1n) is 2.50. The van der Waals surface area contributed by atoms with Crippen LogP contribution in [0.25, 0.3) is 0 Å². The molecule has 0 spiro atoms. The van der Waals surface area contributed by atoms with Crippen LogP contribution in [-0.4, -0.2) is 4.01 Å². The Kier molecular flexibility index (Phi) is 2.03. The normalized spacial score (nSPS) is 29.6. The first kappa shape index (κ1) is 5.48. The minimum atomic E-state index is 0.369. The molecule has 1 atom stereocenters. The number of hydrogen-bond donors (Lipinski definition) is 0. The first-order chi connectivity index (χ1) is 3.39. The second-order valence-corrected chi connectivity index (χ2v) is 3.98. The molecule has 1 rings (SSSR count). The van der Waals surface area contributed by atoms with E-state index in [9.17, 15) is 0 Å². The standard InChI is InChI=1S/C6H9I/c1-6-3-2-4-7-5-6/h2,4-6H,3H2,1H3. The van der Waals surface area contributed by atoms with Crippen molar-refractivity contribution in [2.45, 2.75) is 13.3 Å². The lowest BCUT2D eigenvalue weighted by Gasteiger charge is -2.01. The van der Waals surface area contributed by atoms with Gasteiger partial charge < -0.3 is 0 Å². The van der Waals surface area contributed by atoms with Crippen LogP contribution in [-0.2, 0) is 0 Å². The molecule has 0 saturated carbocycles. The molecule has 40 valence electrons. The Balaban J connectivity index is 2.49. The van der Waals surface area contributed by atoms with Crippen molar-refractivity contribution in [3.05, 3.63) is 10.2 Å². The van der Waals surface area contributed by atoms with Crippen molar-refractivity contribution in [1.29, 1.82) is 0 Å². The van der Waals surface area contributed by atoms with Crippen LogP contribution in [0.15, 0.2) is 10.2 Å². The highest BCUT2D eigenvalue weighted by Gasteiger charge is 1.93. The number of hydrogen-bond acceptors (Lipinski definition) is 0. The molecule has 0 radical (unpaired) electrons. The van der Waals surface area contributed by atoms with Crippen molar-refractivity contribution in [2.24, 2.45) is 5.92 Å². The second-order valence-electron chi connectivity index (χ2n) is 1.83. The largest absolute Gasteiger partial charge is 0.0982 e. The van der Waals surface area contributed by atoms with E-state index in [4.69, 9.17) is 0 Å². The molecule has 0 N–H and O–H groups in total. The van der Waals surface area contributed by atoms with Crippen LogP contribution >= 0.6 is 20.7 Å². The Hall–Kier alpha value is 0.340. The van der Waals surface area contributed by atoms with Crippen molar-refractivity contribution >= 4 is 24.7 Å². The zero-order valence-corrected chi connectivity index (χ0v) is 6.55. The van der Waals surface area contributed by atoms with Gasteiger partial charge in [-0.05, 0) is 20.4 Å². The lowest BCUT2D eigenvalue weighted by Crippen LogP contribution is -1.92. The van der Waals surface area contributed by atoms with E-state index >= 15 is 0 Å². The highest BCUT2D eigenvalue weighted by Crippen LogP contribution is 2.13. The van der Waals surface area contributed by atoms with Crippen molar-refractivity contribution in [3.8, 4) is 0 Å². The smallest absolute Gasteiger partial charge is 0.0170 e. The van der Waals surface area contributed by atoms with Gasteiger partial charge >= 0.3 is 0 Å². The summed E-state index contributed by atoms with van der Waals surface area (Å²) in [7, 11) is 0. The SMILES string of the molecule is CC1C=IC=CC1. The third-order valence-corrected chi connectivity index (χ3v) is 3.52. The van der Waals surface area contributed by atoms with E-state index in [0.717, 1.165) is 5.92 Å². The fourth-order valence-electron chi connectivity index (χ4n) is 0.535. The molecule has 0 nitrogen and oxygen atoms in total. The minimum Gasteiger partial charge on any atom is -0.0982 e. The van der Waals surface area contributed by atoms with E-state index in [1.54, 1.807) is 0 Å². The maximum atomic E-state index is 2.46. The Morgan fingerprint density at radius 1 is 1.71 bits per heavy atom. The van der Waals surface area contributed by atoms with Gasteiger partial charge in [-0.1, -0.05) is 33.7 Å². The number of rotatable bonds is 0. The maximum absolute atomic E-state index is 2.46. The van der Waals surface area contributed by atoms with Gasteiger partial charge in [0.25, 0.3) is 0 Å². The summed E-state index contributed by atoms with van der Waals surface area (Å²) in [4.78, 5) is 0. The minimum absolute atomic E-state index is 0.369. The van der Waals surface area contributed by atoms with Gasteiger partial charge in [-0.15, -0.1) is 0 Å². The maximum Gasteiger partial charge on any atom is -0.0170 e. The van der Waals surface area contributed by atoms with Crippen LogP contribution in [0.3, 0.4) is 0 Å². The summed E-state index contributed by atoms with van der Waals surface area (Å²) in [5, 5.41) is 0. The highest BCUT2D eigenvalue weighted by atomic mass is 127. The lowest BCUT2D eigenvalue weighted by atomic mass is 10.1. The van der Waals surface area contributed by atoms with Crippen LogP contribution in [0, 0.1) is 5.92 Å². The van der Waals surface area contributed by atoms with Gasteiger partial charge in [-0.2, -0.15) is 0 Å². The molecule has 1 heteroatoms. The van der Waals surface area contributed by atoms with Gasteiger partial charge in [-0.3, -0.25) is 0 Å². The molecule has 0 bridgehead atoms. The predicted octanol–water partition coefficient (Wildman–Crippen LogP) is 2.31. The van der Waals surface area contributed by atoms with Crippen LogP contribution in [0.1, 0.15) is 13.3 Å². The molecular weight excluding hydrogens is 199 g/mol. The fraction of sp³-hybridized carbons (Fsp3) is 0.500. The Morgan fingerprint density at radius 2 is 2.57 bits per heavy atom. The summed E-state index contributed by atoms with van der Waals surface area (Å²) < 4.78 is 4.79. The third kappa shape index (κ3) is 1.72. The van der Waals surface area contributed by atoms with Gasteiger partial charge in [0.15, 0.2) is 0 Å². The fourth-order valence-corrected chi connectivity index (χ4v) is 2.36. The third-order valence-electron chi connectivity index (χ3n) is 0.958. The van der Waals surface area contributed by atoms with Crippen LogP contribution in [0.4, 0.5) is 0 Å².